The van der Waals surface area contributed by atoms with E-state index in [0.29, 0.717) is 0 Å². The summed E-state index contributed by atoms with van der Waals surface area (Å²) >= 11 is 0. The largest absolute Gasteiger partial charge is 0.393 e. The molecule has 1 aromatic rings. The van der Waals surface area contributed by atoms with E-state index >= 15 is 0 Å². The molecule has 2 fully saturated rings. The summed E-state index contributed by atoms with van der Waals surface area (Å²) in [6.45, 7) is 4.32. The topological polar surface area (TPSA) is 35.5 Å². The fourth-order valence-electron chi connectivity index (χ4n) is 3.39. The highest BCUT2D eigenvalue weighted by molar-refractivity contribution is 5.48. The van der Waals surface area contributed by atoms with Gasteiger partial charge >= 0.3 is 0 Å². The molecule has 3 heteroatoms. The normalized spacial score (nSPS) is 22.1. The summed E-state index contributed by atoms with van der Waals surface area (Å²) in [4.78, 5) is 2.39. The number of rotatable bonds is 3. The van der Waals surface area contributed by atoms with Gasteiger partial charge < -0.3 is 15.3 Å². The number of benzene rings is 1. The van der Waals surface area contributed by atoms with Crippen molar-refractivity contribution in [3.05, 3.63) is 29.8 Å². The maximum absolute atomic E-state index is 9.57. The summed E-state index contributed by atoms with van der Waals surface area (Å²) in [6.07, 6.45) is 5.55. The molecule has 0 aliphatic carbocycles. The first-order valence-electron chi connectivity index (χ1n) is 8.04. The van der Waals surface area contributed by atoms with Crippen molar-refractivity contribution in [1.29, 1.82) is 0 Å². The maximum Gasteiger partial charge on any atom is 0.0574 e. The molecule has 0 unspecified atom stereocenters. The molecule has 1 aromatic carbocycles. The van der Waals surface area contributed by atoms with Gasteiger partial charge in [0.2, 0.25) is 0 Å². The molecule has 2 heterocycles. The van der Waals surface area contributed by atoms with Gasteiger partial charge in [-0.15, -0.1) is 0 Å². The molecular formula is C17H26N2O. The summed E-state index contributed by atoms with van der Waals surface area (Å²) in [5, 5.41) is 13.0. The van der Waals surface area contributed by atoms with Crippen LogP contribution < -0.4 is 10.2 Å². The van der Waals surface area contributed by atoms with Gasteiger partial charge in [0.05, 0.1) is 6.10 Å². The van der Waals surface area contributed by atoms with E-state index in [0.717, 1.165) is 31.8 Å². The quantitative estimate of drug-likeness (QED) is 0.887. The van der Waals surface area contributed by atoms with Crippen LogP contribution in [-0.4, -0.2) is 37.4 Å². The van der Waals surface area contributed by atoms with Crippen LogP contribution in [-0.2, 0) is 6.42 Å². The van der Waals surface area contributed by atoms with Gasteiger partial charge in [0, 0.05) is 18.8 Å². The number of anilines is 1. The molecule has 0 radical (unpaired) electrons. The van der Waals surface area contributed by atoms with Crippen LogP contribution in [0.2, 0.25) is 0 Å². The monoisotopic (exact) mass is 274 g/mol. The smallest absolute Gasteiger partial charge is 0.0574 e. The first kappa shape index (κ1) is 13.9. The molecule has 110 valence electrons. The third-order valence-corrected chi connectivity index (χ3v) is 4.75. The van der Waals surface area contributed by atoms with Crippen LogP contribution in [0, 0.1) is 5.92 Å². The van der Waals surface area contributed by atoms with E-state index in [9.17, 15) is 5.11 Å². The Morgan fingerprint density at radius 2 is 1.65 bits per heavy atom. The Morgan fingerprint density at radius 3 is 2.30 bits per heavy atom. The van der Waals surface area contributed by atoms with Crippen LogP contribution in [0.1, 0.15) is 31.2 Å². The Hall–Kier alpha value is -1.06. The van der Waals surface area contributed by atoms with Crippen LogP contribution in [0.15, 0.2) is 24.3 Å². The lowest BCUT2D eigenvalue weighted by Gasteiger charge is -2.31. The van der Waals surface area contributed by atoms with Crippen molar-refractivity contribution in [3.63, 3.8) is 0 Å². The lowest BCUT2D eigenvalue weighted by Crippen LogP contribution is -2.35. The zero-order valence-corrected chi connectivity index (χ0v) is 12.2. The summed E-state index contributed by atoms with van der Waals surface area (Å²) in [7, 11) is 0. The lowest BCUT2D eigenvalue weighted by atomic mass is 9.91. The van der Waals surface area contributed by atoms with Gasteiger partial charge in [0.1, 0.15) is 0 Å². The average molecular weight is 274 g/mol. The van der Waals surface area contributed by atoms with Crippen molar-refractivity contribution in [3.8, 4) is 0 Å². The van der Waals surface area contributed by atoms with Crippen molar-refractivity contribution < 1.29 is 5.11 Å². The number of nitrogens with zero attached hydrogens (tertiary/aromatic N) is 1. The van der Waals surface area contributed by atoms with E-state index in [-0.39, 0.29) is 6.10 Å². The minimum atomic E-state index is -0.0922. The second-order valence-corrected chi connectivity index (χ2v) is 6.28. The maximum atomic E-state index is 9.57. The van der Waals surface area contributed by atoms with Crippen molar-refractivity contribution >= 4 is 5.69 Å². The molecule has 2 saturated heterocycles. The van der Waals surface area contributed by atoms with Crippen LogP contribution in [0.5, 0.6) is 0 Å². The van der Waals surface area contributed by atoms with Crippen LogP contribution >= 0.6 is 0 Å². The van der Waals surface area contributed by atoms with E-state index in [4.69, 9.17) is 0 Å². The number of hydrogen-bond acceptors (Lipinski definition) is 3. The zero-order chi connectivity index (χ0) is 13.8. The molecule has 0 amide bonds. The third-order valence-electron chi connectivity index (χ3n) is 4.75. The summed E-state index contributed by atoms with van der Waals surface area (Å²) < 4.78 is 0. The number of aliphatic hydroxyl groups excluding tert-OH is 1. The first-order chi connectivity index (χ1) is 9.81. The van der Waals surface area contributed by atoms with E-state index in [2.05, 4.69) is 34.5 Å². The average Bonchev–Trinajstić information content (AvgIpc) is 2.50. The lowest BCUT2D eigenvalue weighted by molar-refractivity contribution is 0.145. The van der Waals surface area contributed by atoms with E-state index in [1.54, 1.807) is 0 Å². The third kappa shape index (κ3) is 3.53. The van der Waals surface area contributed by atoms with Gasteiger partial charge in [-0.25, -0.2) is 0 Å². The van der Waals surface area contributed by atoms with Gasteiger partial charge in [-0.05, 0) is 68.8 Å². The number of piperidine rings is 2. The molecule has 0 aromatic heterocycles. The van der Waals surface area contributed by atoms with Gasteiger partial charge in [-0.3, -0.25) is 0 Å². The van der Waals surface area contributed by atoms with Crippen molar-refractivity contribution in [2.45, 2.75) is 38.2 Å². The molecule has 0 atom stereocenters. The number of aliphatic hydroxyl groups is 1. The van der Waals surface area contributed by atoms with Crippen LogP contribution in [0.3, 0.4) is 0 Å². The Kier molecular flexibility index (Phi) is 4.58. The predicted molar refractivity (Wildman–Crippen MR) is 83.2 cm³/mol. The van der Waals surface area contributed by atoms with Crippen molar-refractivity contribution in [2.24, 2.45) is 5.92 Å². The number of nitrogens with one attached hydrogen (secondary N) is 1. The molecule has 2 aliphatic heterocycles. The Labute approximate surface area is 122 Å². The second-order valence-electron chi connectivity index (χ2n) is 6.28. The van der Waals surface area contributed by atoms with Crippen LogP contribution in [0.25, 0.3) is 0 Å². The fourth-order valence-corrected chi connectivity index (χ4v) is 3.39. The molecular weight excluding hydrogens is 248 g/mol. The molecule has 2 N–H and O–H groups in total. The first-order valence-corrected chi connectivity index (χ1v) is 8.04. The molecule has 20 heavy (non-hydrogen) atoms. The van der Waals surface area contributed by atoms with Gasteiger partial charge in [0.25, 0.3) is 0 Å². The van der Waals surface area contributed by atoms with E-state index < -0.39 is 0 Å². The molecule has 0 spiro atoms. The minimum absolute atomic E-state index is 0.0922. The molecule has 3 rings (SSSR count). The van der Waals surface area contributed by atoms with E-state index in [1.807, 2.05) is 0 Å². The highest BCUT2D eigenvalue weighted by Crippen LogP contribution is 2.23. The highest BCUT2D eigenvalue weighted by Gasteiger charge is 2.17. The summed E-state index contributed by atoms with van der Waals surface area (Å²) in [5.41, 5.74) is 2.78. The molecule has 2 aliphatic rings. The SMILES string of the molecule is OC1CCN(c2ccc(CC3CCNCC3)cc2)CC1. The van der Waals surface area contributed by atoms with Crippen molar-refractivity contribution in [2.75, 3.05) is 31.1 Å². The Balaban J connectivity index is 1.56. The minimum Gasteiger partial charge on any atom is -0.393 e. The summed E-state index contributed by atoms with van der Waals surface area (Å²) in [6, 6.07) is 9.10. The molecule has 3 nitrogen and oxygen atoms in total. The molecule has 0 bridgehead atoms. The van der Waals surface area contributed by atoms with Gasteiger partial charge in [0.15, 0.2) is 0 Å². The van der Waals surface area contributed by atoms with Gasteiger partial charge in [-0.1, -0.05) is 12.1 Å². The molecule has 0 saturated carbocycles. The number of hydrogen-bond donors (Lipinski definition) is 2. The standard InChI is InChI=1S/C17H26N2O/c20-17-7-11-19(12-8-17)16-3-1-14(2-4-16)13-15-5-9-18-10-6-15/h1-4,15,17-18,20H,5-13H2. The van der Waals surface area contributed by atoms with Crippen molar-refractivity contribution in [1.82, 2.24) is 5.32 Å². The zero-order valence-electron chi connectivity index (χ0n) is 12.2. The Bertz CT molecular complexity index is 404. The predicted octanol–water partition coefficient (Wildman–Crippen LogP) is 2.19. The van der Waals surface area contributed by atoms with Gasteiger partial charge in [-0.2, -0.15) is 0 Å². The Morgan fingerprint density at radius 1 is 1.00 bits per heavy atom. The summed E-state index contributed by atoms with van der Waals surface area (Å²) in [5.74, 6) is 0.854. The van der Waals surface area contributed by atoms with Crippen LogP contribution in [0.4, 0.5) is 5.69 Å². The van der Waals surface area contributed by atoms with E-state index in [1.165, 1.54) is 43.6 Å². The second kappa shape index (κ2) is 6.59. The highest BCUT2D eigenvalue weighted by atomic mass is 16.3. The fraction of sp³-hybridized carbons (Fsp3) is 0.647.